The van der Waals surface area contributed by atoms with Crippen molar-refractivity contribution in [3.8, 4) is 0 Å². The van der Waals surface area contributed by atoms with E-state index in [0.717, 1.165) is 30.5 Å². The quantitative estimate of drug-likeness (QED) is 0.189. The molecule has 0 aliphatic heterocycles. The summed E-state index contributed by atoms with van der Waals surface area (Å²) >= 11 is 12.0. The maximum absolute atomic E-state index is 13.3. The minimum atomic E-state index is -0.573. The number of amides is 1. The molecule has 168 valence electrons. The van der Waals surface area contributed by atoms with Crippen molar-refractivity contribution in [3.05, 3.63) is 97.8 Å². The molecule has 0 fully saturated rings. The third-order valence-electron chi connectivity index (χ3n) is 5.23. The molecule has 0 bridgehead atoms. The second-order valence-electron chi connectivity index (χ2n) is 7.61. The van der Waals surface area contributed by atoms with Gasteiger partial charge in [-0.15, -0.1) is 0 Å². The number of nitrogens with zero attached hydrogens (tertiary/aromatic N) is 3. The molecule has 3 aromatic rings. The molecule has 3 rings (SSSR count). The smallest absolute Gasteiger partial charge is 0.288 e. The average molecular weight is 474 g/mol. The number of hydrogen-bond acceptors (Lipinski definition) is 3. The van der Waals surface area contributed by atoms with Crippen molar-refractivity contribution in [2.75, 3.05) is 6.54 Å². The van der Waals surface area contributed by atoms with E-state index >= 15 is 0 Å². The minimum Gasteiger partial charge on any atom is -0.345 e. The van der Waals surface area contributed by atoms with Crippen molar-refractivity contribution in [1.82, 2.24) is 9.47 Å². The standard InChI is InChI=1S/C24H25Cl2N3O3/c1-2-3-4-12-28(24(30)19-10-11-22(26)23(15-19)29(31)32)17-21-9-6-13-27(21)16-18-7-5-8-20(25)14-18/h5-11,13-15H,2-4,12,16-17H2,1H3. The Morgan fingerprint density at radius 2 is 1.91 bits per heavy atom. The van der Waals surface area contributed by atoms with Gasteiger partial charge in [0.2, 0.25) is 0 Å². The summed E-state index contributed by atoms with van der Waals surface area (Å²) in [6.07, 6.45) is 4.85. The minimum absolute atomic E-state index is 0.0134. The van der Waals surface area contributed by atoms with Crippen LogP contribution in [-0.2, 0) is 13.1 Å². The first kappa shape index (κ1) is 23.8. The molecule has 1 heterocycles. The third-order valence-corrected chi connectivity index (χ3v) is 5.78. The number of aromatic nitrogens is 1. The zero-order valence-electron chi connectivity index (χ0n) is 17.8. The van der Waals surface area contributed by atoms with Crippen LogP contribution in [0.15, 0.2) is 60.8 Å². The molecular weight excluding hydrogens is 449 g/mol. The summed E-state index contributed by atoms with van der Waals surface area (Å²) in [7, 11) is 0. The number of benzene rings is 2. The van der Waals surface area contributed by atoms with Crippen LogP contribution in [0.5, 0.6) is 0 Å². The Balaban J connectivity index is 1.84. The van der Waals surface area contributed by atoms with E-state index in [0.29, 0.717) is 24.7 Å². The van der Waals surface area contributed by atoms with Gasteiger partial charge in [0.1, 0.15) is 5.02 Å². The third kappa shape index (κ3) is 6.11. The molecule has 0 radical (unpaired) electrons. The highest BCUT2D eigenvalue weighted by Gasteiger charge is 2.21. The lowest BCUT2D eigenvalue weighted by atomic mass is 10.1. The normalized spacial score (nSPS) is 10.8. The van der Waals surface area contributed by atoms with Crippen LogP contribution >= 0.6 is 23.2 Å². The number of rotatable bonds is 10. The van der Waals surface area contributed by atoms with Crippen molar-refractivity contribution < 1.29 is 9.72 Å². The molecule has 6 nitrogen and oxygen atoms in total. The monoisotopic (exact) mass is 473 g/mol. The van der Waals surface area contributed by atoms with Gasteiger partial charge in [-0.2, -0.15) is 0 Å². The summed E-state index contributed by atoms with van der Waals surface area (Å²) in [6.45, 7) is 3.69. The molecule has 0 spiro atoms. The summed E-state index contributed by atoms with van der Waals surface area (Å²) in [4.78, 5) is 25.7. The van der Waals surface area contributed by atoms with E-state index in [9.17, 15) is 14.9 Å². The number of carbonyl (C=O) groups excluding carboxylic acids is 1. The maximum Gasteiger partial charge on any atom is 0.288 e. The zero-order valence-corrected chi connectivity index (χ0v) is 19.4. The van der Waals surface area contributed by atoms with E-state index in [1.165, 1.54) is 18.2 Å². The van der Waals surface area contributed by atoms with E-state index in [4.69, 9.17) is 23.2 Å². The highest BCUT2D eigenvalue weighted by atomic mass is 35.5. The van der Waals surface area contributed by atoms with Gasteiger partial charge in [0.15, 0.2) is 0 Å². The molecule has 0 aliphatic rings. The first-order valence-corrected chi connectivity index (χ1v) is 11.3. The molecule has 2 aromatic carbocycles. The fourth-order valence-corrected chi connectivity index (χ4v) is 3.95. The van der Waals surface area contributed by atoms with Crippen LogP contribution in [0.25, 0.3) is 0 Å². The van der Waals surface area contributed by atoms with Crippen LogP contribution in [0.1, 0.15) is 47.8 Å². The SMILES string of the molecule is CCCCCN(Cc1cccn1Cc1cccc(Cl)c1)C(=O)c1ccc(Cl)c([N+](=O)[O-])c1. The van der Waals surface area contributed by atoms with Crippen LogP contribution in [0.2, 0.25) is 10.0 Å². The average Bonchev–Trinajstić information content (AvgIpc) is 3.19. The molecule has 8 heteroatoms. The largest absolute Gasteiger partial charge is 0.345 e. The summed E-state index contributed by atoms with van der Waals surface area (Å²) in [5.41, 5.74) is 2.02. The second-order valence-corrected chi connectivity index (χ2v) is 8.46. The lowest BCUT2D eigenvalue weighted by molar-refractivity contribution is -0.384. The van der Waals surface area contributed by atoms with Crippen LogP contribution in [0, 0.1) is 10.1 Å². The molecule has 1 aromatic heterocycles. The van der Waals surface area contributed by atoms with Crippen molar-refractivity contribution in [3.63, 3.8) is 0 Å². The van der Waals surface area contributed by atoms with Crippen molar-refractivity contribution in [2.45, 2.75) is 39.3 Å². The van der Waals surface area contributed by atoms with E-state index in [2.05, 4.69) is 11.5 Å². The number of halogens is 2. The summed E-state index contributed by atoms with van der Waals surface area (Å²) in [5, 5.41) is 12.0. The fourth-order valence-electron chi connectivity index (χ4n) is 3.55. The second kappa shape index (κ2) is 11.2. The van der Waals surface area contributed by atoms with Crippen LogP contribution in [0.4, 0.5) is 5.69 Å². The van der Waals surface area contributed by atoms with Crippen LogP contribution in [0.3, 0.4) is 0 Å². The summed E-state index contributed by atoms with van der Waals surface area (Å²) in [6, 6.07) is 15.8. The van der Waals surface area contributed by atoms with Gasteiger partial charge in [-0.1, -0.05) is 55.1 Å². The Morgan fingerprint density at radius 1 is 1.09 bits per heavy atom. The van der Waals surface area contributed by atoms with E-state index in [1.807, 2.05) is 42.6 Å². The van der Waals surface area contributed by atoms with Gasteiger partial charge in [0.25, 0.3) is 11.6 Å². The Morgan fingerprint density at radius 3 is 2.62 bits per heavy atom. The first-order valence-electron chi connectivity index (χ1n) is 10.5. The Labute approximate surface area is 197 Å². The number of nitro groups is 1. The number of carbonyl (C=O) groups is 1. The van der Waals surface area contributed by atoms with Crippen molar-refractivity contribution >= 4 is 34.8 Å². The topological polar surface area (TPSA) is 68.4 Å². The molecule has 32 heavy (non-hydrogen) atoms. The maximum atomic E-state index is 13.3. The van der Waals surface area contributed by atoms with Crippen molar-refractivity contribution in [2.24, 2.45) is 0 Å². The van der Waals surface area contributed by atoms with Gasteiger partial charge in [0, 0.05) is 41.6 Å². The molecule has 0 saturated carbocycles. The van der Waals surface area contributed by atoms with Gasteiger partial charge in [-0.3, -0.25) is 14.9 Å². The molecule has 0 aliphatic carbocycles. The fraction of sp³-hybridized carbons (Fsp3) is 0.292. The van der Waals surface area contributed by atoms with Crippen LogP contribution < -0.4 is 0 Å². The summed E-state index contributed by atoms with van der Waals surface area (Å²) < 4.78 is 2.08. The lowest BCUT2D eigenvalue weighted by Crippen LogP contribution is -2.32. The van der Waals surface area contributed by atoms with Gasteiger partial charge >= 0.3 is 0 Å². The molecule has 0 atom stereocenters. The Hall–Kier alpha value is -2.83. The number of nitro benzene ring substituents is 1. The van der Waals surface area contributed by atoms with Gasteiger partial charge in [-0.25, -0.2) is 0 Å². The van der Waals surface area contributed by atoms with Gasteiger partial charge in [-0.05, 0) is 48.4 Å². The van der Waals surface area contributed by atoms with Gasteiger partial charge in [0.05, 0.1) is 11.5 Å². The van der Waals surface area contributed by atoms with E-state index < -0.39 is 4.92 Å². The molecule has 1 amide bonds. The number of hydrogen-bond donors (Lipinski definition) is 0. The summed E-state index contributed by atoms with van der Waals surface area (Å²) in [5.74, 6) is -0.253. The predicted octanol–water partition coefficient (Wildman–Crippen LogP) is 6.58. The van der Waals surface area contributed by atoms with E-state index in [-0.39, 0.29) is 22.2 Å². The highest BCUT2D eigenvalue weighted by molar-refractivity contribution is 6.32. The zero-order chi connectivity index (χ0) is 23.1. The molecular formula is C24H25Cl2N3O3. The number of unbranched alkanes of at least 4 members (excludes halogenated alkanes) is 2. The first-order chi connectivity index (χ1) is 15.4. The lowest BCUT2D eigenvalue weighted by Gasteiger charge is -2.24. The van der Waals surface area contributed by atoms with Crippen LogP contribution in [-0.4, -0.2) is 26.8 Å². The Bertz CT molecular complexity index is 1100. The van der Waals surface area contributed by atoms with Gasteiger partial charge < -0.3 is 9.47 Å². The molecule has 0 unspecified atom stereocenters. The van der Waals surface area contributed by atoms with Crippen molar-refractivity contribution in [1.29, 1.82) is 0 Å². The predicted molar refractivity (Wildman–Crippen MR) is 127 cm³/mol. The molecule has 0 saturated heterocycles. The van der Waals surface area contributed by atoms with E-state index in [1.54, 1.807) is 4.90 Å². The Kier molecular flexibility index (Phi) is 8.31. The highest BCUT2D eigenvalue weighted by Crippen LogP contribution is 2.26. The molecule has 0 N–H and O–H groups in total.